The molecule has 5 heteroatoms. The molecule has 0 aromatic heterocycles. The van der Waals surface area contributed by atoms with E-state index in [2.05, 4.69) is 0 Å². The second-order valence-corrected chi connectivity index (χ2v) is 3.42. The quantitative estimate of drug-likeness (QED) is 0.689. The third-order valence-electron chi connectivity index (χ3n) is 2.13. The molecule has 1 aliphatic heterocycles. The lowest BCUT2D eigenvalue weighted by atomic mass is 10.0. The molecule has 0 bridgehead atoms. The van der Waals surface area contributed by atoms with Crippen molar-refractivity contribution >= 4 is 12.4 Å². The monoisotopic (exact) mass is 215 g/mol. The Balaban J connectivity index is 0.000000583. The van der Waals surface area contributed by atoms with Crippen LogP contribution < -0.4 is 0 Å². The van der Waals surface area contributed by atoms with Crippen LogP contribution in [0.1, 0.15) is 13.8 Å². The minimum atomic E-state index is -0.250. The highest BCUT2D eigenvalue weighted by atomic mass is 16.5. The maximum Gasteiger partial charge on any atom is 0.290 e. The van der Waals surface area contributed by atoms with Gasteiger partial charge in [-0.15, -0.1) is 0 Å². The van der Waals surface area contributed by atoms with Crippen LogP contribution in [0.3, 0.4) is 0 Å². The summed E-state index contributed by atoms with van der Waals surface area (Å²) < 4.78 is 5.10. The van der Waals surface area contributed by atoms with Crippen LogP contribution in [-0.4, -0.2) is 42.8 Å². The fourth-order valence-corrected chi connectivity index (χ4v) is 1.32. The smallest absolute Gasteiger partial charge is 0.290 e. The van der Waals surface area contributed by atoms with Crippen molar-refractivity contribution in [3.63, 3.8) is 0 Å². The fraction of sp³-hybridized carbons (Fsp3) is 0.600. The molecule has 1 aliphatic rings. The van der Waals surface area contributed by atoms with Crippen molar-refractivity contribution in [2.45, 2.75) is 20.1 Å². The summed E-state index contributed by atoms with van der Waals surface area (Å²) in [5, 5.41) is 6.89. The maximum absolute atomic E-state index is 11.5. The summed E-state index contributed by atoms with van der Waals surface area (Å²) in [5.74, 6) is 0.358. The van der Waals surface area contributed by atoms with Gasteiger partial charge in [0.05, 0.1) is 0 Å². The summed E-state index contributed by atoms with van der Waals surface area (Å²) in [6.07, 6.45) is 1.71. The highest BCUT2D eigenvalue weighted by Crippen LogP contribution is 2.22. The predicted octanol–water partition coefficient (Wildman–Crippen LogP) is 0.714. The first-order valence-corrected chi connectivity index (χ1v) is 4.59. The highest BCUT2D eigenvalue weighted by Gasteiger charge is 2.30. The van der Waals surface area contributed by atoms with Gasteiger partial charge in [-0.3, -0.25) is 9.59 Å². The number of hydrogen-bond acceptors (Lipinski definition) is 3. The van der Waals surface area contributed by atoms with Gasteiger partial charge in [-0.05, 0) is 12.0 Å². The molecule has 0 radical (unpaired) electrons. The van der Waals surface area contributed by atoms with Gasteiger partial charge >= 0.3 is 0 Å². The molecular weight excluding hydrogens is 198 g/mol. The lowest BCUT2D eigenvalue weighted by Gasteiger charge is -2.17. The number of methoxy groups -OCH3 is 1. The van der Waals surface area contributed by atoms with Crippen LogP contribution in [0.4, 0.5) is 0 Å². The lowest BCUT2D eigenvalue weighted by Crippen LogP contribution is -2.31. The molecule has 0 fully saturated rings. The van der Waals surface area contributed by atoms with Gasteiger partial charge in [0.15, 0.2) is 6.23 Å². The van der Waals surface area contributed by atoms with Crippen molar-refractivity contribution in [1.29, 1.82) is 0 Å². The zero-order valence-corrected chi connectivity index (χ0v) is 9.43. The molecule has 1 N–H and O–H groups in total. The first-order chi connectivity index (χ1) is 6.99. The predicted molar refractivity (Wildman–Crippen MR) is 55.2 cm³/mol. The van der Waals surface area contributed by atoms with Gasteiger partial charge < -0.3 is 14.7 Å². The minimum Gasteiger partial charge on any atom is -0.483 e. The van der Waals surface area contributed by atoms with E-state index in [1.165, 1.54) is 0 Å². The van der Waals surface area contributed by atoms with Gasteiger partial charge in [0.25, 0.3) is 12.4 Å². The van der Waals surface area contributed by atoms with E-state index >= 15 is 0 Å². The van der Waals surface area contributed by atoms with Crippen LogP contribution in [0.15, 0.2) is 11.6 Å². The van der Waals surface area contributed by atoms with Gasteiger partial charge in [-0.1, -0.05) is 13.8 Å². The number of nitrogens with zero attached hydrogens (tertiary/aromatic N) is 1. The molecule has 0 spiro atoms. The van der Waals surface area contributed by atoms with E-state index in [4.69, 9.17) is 14.6 Å². The van der Waals surface area contributed by atoms with Gasteiger partial charge in [0.1, 0.15) is 0 Å². The van der Waals surface area contributed by atoms with E-state index in [9.17, 15) is 4.79 Å². The van der Waals surface area contributed by atoms with E-state index in [1.54, 1.807) is 19.1 Å². The first kappa shape index (κ1) is 13.6. The lowest BCUT2D eigenvalue weighted by molar-refractivity contribution is -0.131. The molecule has 1 rings (SSSR count). The Labute approximate surface area is 89.3 Å². The van der Waals surface area contributed by atoms with E-state index in [1.807, 2.05) is 19.9 Å². The summed E-state index contributed by atoms with van der Waals surface area (Å²) in [6.45, 7) is 3.77. The number of rotatable bonds is 2. The van der Waals surface area contributed by atoms with Crippen LogP contribution in [-0.2, 0) is 14.3 Å². The van der Waals surface area contributed by atoms with Crippen molar-refractivity contribution in [3.8, 4) is 0 Å². The summed E-state index contributed by atoms with van der Waals surface area (Å²) in [5.41, 5.74) is 0.851. The number of carboxylic acid groups (broad SMARTS) is 1. The molecule has 86 valence electrons. The van der Waals surface area contributed by atoms with Crippen molar-refractivity contribution in [1.82, 2.24) is 4.90 Å². The number of hydrogen-bond donors (Lipinski definition) is 1. The third kappa shape index (κ3) is 3.36. The van der Waals surface area contributed by atoms with Crippen LogP contribution >= 0.6 is 0 Å². The molecule has 0 aromatic carbocycles. The Hall–Kier alpha value is -1.36. The third-order valence-corrected chi connectivity index (χ3v) is 2.13. The number of carbonyl (C=O) groups excluding carboxylic acids is 1. The number of amides is 1. The molecule has 0 aromatic rings. The first-order valence-electron chi connectivity index (χ1n) is 4.59. The molecule has 1 atom stereocenters. The van der Waals surface area contributed by atoms with Crippen molar-refractivity contribution in [3.05, 3.63) is 11.6 Å². The van der Waals surface area contributed by atoms with Crippen LogP contribution in [0.5, 0.6) is 0 Å². The largest absolute Gasteiger partial charge is 0.483 e. The van der Waals surface area contributed by atoms with Crippen LogP contribution in [0.2, 0.25) is 0 Å². The Kier molecular flexibility index (Phi) is 5.62. The van der Waals surface area contributed by atoms with E-state index in [-0.39, 0.29) is 24.5 Å². The summed E-state index contributed by atoms with van der Waals surface area (Å²) >= 11 is 0. The van der Waals surface area contributed by atoms with Gasteiger partial charge in [0.2, 0.25) is 0 Å². The molecule has 0 saturated carbocycles. The Morgan fingerprint density at radius 1 is 1.60 bits per heavy atom. The molecule has 0 aliphatic carbocycles. The second kappa shape index (κ2) is 6.19. The van der Waals surface area contributed by atoms with Gasteiger partial charge in [-0.25, -0.2) is 0 Å². The van der Waals surface area contributed by atoms with Crippen molar-refractivity contribution < 1.29 is 19.4 Å². The Morgan fingerprint density at radius 3 is 2.27 bits per heavy atom. The topological polar surface area (TPSA) is 66.8 Å². The van der Waals surface area contributed by atoms with Crippen molar-refractivity contribution in [2.24, 2.45) is 5.92 Å². The number of likely N-dealkylation sites (N-methyl/N-ethyl adjacent to an activating group) is 1. The van der Waals surface area contributed by atoms with Gasteiger partial charge in [-0.2, -0.15) is 0 Å². The van der Waals surface area contributed by atoms with Crippen LogP contribution in [0.25, 0.3) is 0 Å². The Bertz CT molecular complexity index is 260. The summed E-state index contributed by atoms with van der Waals surface area (Å²) in [4.78, 5) is 21.5. The summed E-state index contributed by atoms with van der Waals surface area (Å²) in [7, 11) is 3.36. The van der Waals surface area contributed by atoms with Gasteiger partial charge in [0, 0.05) is 19.7 Å². The molecule has 0 saturated heterocycles. The molecule has 1 unspecified atom stereocenters. The van der Waals surface area contributed by atoms with Crippen LogP contribution in [0, 0.1) is 5.92 Å². The molecule has 1 heterocycles. The maximum atomic E-state index is 11.5. The zero-order chi connectivity index (χ0) is 12.0. The zero-order valence-electron chi connectivity index (χ0n) is 9.43. The second-order valence-electron chi connectivity index (χ2n) is 3.42. The average Bonchev–Trinajstić information content (AvgIpc) is 2.45. The highest BCUT2D eigenvalue weighted by molar-refractivity contribution is 5.96. The number of carbonyl (C=O) groups is 2. The molecule has 15 heavy (non-hydrogen) atoms. The minimum absolute atomic E-state index is 0.0804. The average molecular weight is 215 g/mol. The normalized spacial score (nSPS) is 19.8. The van der Waals surface area contributed by atoms with E-state index in [0.717, 1.165) is 5.57 Å². The Morgan fingerprint density at radius 2 is 2.07 bits per heavy atom. The van der Waals surface area contributed by atoms with E-state index in [0.29, 0.717) is 0 Å². The summed E-state index contributed by atoms with van der Waals surface area (Å²) in [6, 6.07) is 0. The standard InChI is InChI=1S/C9H15NO2.CH2O2/c1-6(2)7-5-8(12-4)10(3)9(7)11;2-1-3/h5-6,8H,1-4H3;1H,(H,2,3). The SMILES string of the molecule is COC1C=C(C(C)C)C(=O)N1C.O=CO. The molecular formula is C10H17NO4. The van der Waals surface area contributed by atoms with E-state index < -0.39 is 0 Å². The number of ether oxygens (including phenoxy) is 1. The fourth-order valence-electron chi connectivity index (χ4n) is 1.32. The molecule has 1 amide bonds. The molecule has 5 nitrogen and oxygen atoms in total. The van der Waals surface area contributed by atoms with Crippen molar-refractivity contribution in [2.75, 3.05) is 14.2 Å².